The first-order valence-corrected chi connectivity index (χ1v) is 7.71. The van der Waals surface area contributed by atoms with Gasteiger partial charge < -0.3 is 10.2 Å². The van der Waals surface area contributed by atoms with Crippen LogP contribution in [0.15, 0.2) is 0 Å². The molecule has 2 unspecified atom stereocenters. The van der Waals surface area contributed by atoms with Crippen LogP contribution in [0.5, 0.6) is 0 Å². The lowest BCUT2D eigenvalue weighted by atomic mass is 9.83. The smallest absolute Gasteiger partial charge is 0.374 e. The standard InChI is InChI=1S/C14H18F12O2/c1-7(5-9(27,11(15,16)17)12(18,19)20)3-4-8(2)6-10(28,13(21,22)23)14(24,25)26/h7-8,27-28H,3-6H2,1-2H3. The third kappa shape index (κ3) is 5.80. The van der Waals surface area contributed by atoms with Gasteiger partial charge in [-0.1, -0.05) is 26.7 Å². The third-order valence-electron chi connectivity index (χ3n) is 4.32. The molecule has 14 heteroatoms. The molecule has 2 atom stereocenters. The molecule has 170 valence electrons. The van der Waals surface area contributed by atoms with E-state index in [2.05, 4.69) is 0 Å². The molecule has 0 radical (unpaired) electrons. The number of halogens is 12. The topological polar surface area (TPSA) is 40.5 Å². The molecule has 0 heterocycles. The molecular formula is C14H18F12O2. The van der Waals surface area contributed by atoms with Crippen LogP contribution in [-0.4, -0.2) is 46.1 Å². The first kappa shape index (κ1) is 27.1. The summed E-state index contributed by atoms with van der Waals surface area (Å²) in [6.45, 7) is 1.66. The summed E-state index contributed by atoms with van der Waals surface area (Å²) in [7, 11) is 0. The Morgan fingerprint density at radius 3 is 0.821 bits per heavy atom. The Balaban J connectivity index is 5.16. The summed E-state index contributed by atoms with van der Waals surface area (Å²) in [6.07, 6.45) is -29.4. The van der Waals surface area contributed by atoms with E-state index < -0.39 is 73.4 Å². The van der Waals surface area contributed by atoms with E-state index in [9.17, 15) is 52.7 Å². The van der Waals surface area contributed by atoms with Crippen molar-refractivity contribution in [2.24, 2.45) is 11.8 Å². The van der Waals surface area contributed by atoms with Gasteiger partial charge in [-0.05, 0) is 24.7 Å². The molecule has 0 aromatic carbocycles. The van der Waals surface area contributed by atoms with Crippen molar-refractivity contribution in [1.82, 2.24) is 0 Å². The highest BCUT2D eigenvalue weighted by Crippen LogP contribution is 2.49. The number of alkyl halides is 12. The van der Waals surface area contributed by atoms with Crippen molar-refractivity contribution in [2.45, 2.75) is 75.4 Å². The van der Waals surface area contributed by atoms with Crippen LogP contribution < -0.4 is 0 Å². The van der Waals surface area contributed by atoms with Gasteiger partial charge in [0.25, 0.3) is 11.2 Å². The lowest BCUT2D eigenvalue weighted by molar-refractivity contribution is -0.374. The Labute approximate surface area is 151 Å². The van der Waals surface area contributed by atoms with Crippen molar-refractivity contribution >= 4 is 0 Å². The SMILES string of the molecule is CC(CCC(C)CC(O)(C(F)(F)F)C(F)(F)F)CC(O)(C(F)(F)F)C(F)(F)F. The van der Waals surface area contributed by atoms with Crippen molar-refractivity contribution in [3.8, 4) is 0 Å². The Morgan fingerprint density at radius 1 is 0.500 bits per heavy atom. The van der Waals surface area contributed by atoms with Gasteiger partial charge in [-0.3, -0.25) is 0 Å². The fourth-order valence-electron chi connectivity index (χ4n) is 2.57. The fourth-order valence-corrected chi connectivity index (χ4v) is 2.57. The highest BCUT2D eigenvalue weighted by molar-refractivity contribution is 4.96. The van der Waals surface area contributed by atoms with Crippen LogP contribution in [0.2, 0.25) is 0 Å². The summed E-state index contributed by atoms with van der Waals surface area (Å²) in [5, 5.41) is 18.1. The van der Waals surface area contributed by atoms with Gasteiger partial charge in [0.05, 0.1) is 0 Å². The highest BCUT2D eigenvalue weighted by atomic mass is 19.4. The van der Waals surface area contributed by atoms with Crippen LogP contribution in [0.3, 0.4) is 0 Å². The first-order chi connectivity index (χ1) is 12.0. The number of rotatable bonds is 7. The van der Waals surface area contributed by atoms with Gasteiger partial charge in [-0.2, -0.15) is 52.7 Å². The van der Waals surface area contributed by atoms with Crippen LogP contribution in [-0.2, 0) is 0 Å². The van der Waals surface area contributed by atoms with Gasteiger partial charge in [0.15, 0.2) is 0 Å². The van der Waals surface area contributed by atoms with Gasteiger partial charge in [0.1, 0.15) is 0 Å². The lowest BCUT2D eigenvalue weighted by Gasteiger charge is -2.35. The molecule has 0 saturated carbocycles. The predicted octanol–water partition coefficient (Wildman–Crippen LogP) is 5.53. The van der Waals surface area contributed by atoms with E-state index >= 15 is 0 Å². The molecule has 0 fully saturated rings. The third-order valence-corrected chi connectivity index (χ3v) is 4.32. The first-order valence-electron chi connectivity index (χ1n) is 7.71. The minimum absolute atomic E-state index is 0.651. The summed E-state index contributed by atoms with van der Waals surface area (Å²) < 4.78 is 151. The van der Waals surface area contributed by atoms with Gasteiger partial charge in [0, 0.05) is 0 Å². The molecule has 0 aromatic rings. The zero-order valence-electron chi connectivity index (χ0n) is 14.4. The number of aliphatic hydroxyl groups is 2. The summed E-state index contributed by atoms with van der Waals surface area (Å²) in [4.78, 5) is 0. The van der Waals surface area contributed by atoms with E-state index in [1.165, 1.54) is 0 Å². The van der Waals surface area contributed by atoms with Crippen LogP contribution in [0.4, 0.5) is 52.7 Å². The maximum Gasteiger partial charge on any atom is 0.426 e. The van der Waals surface area contributed by atoms with E-state index in [0.29, 0.717) is 0 Å². The normalized spacial score (nSPS) is 17.6. The highest BCUT2D eigenvalue weighted by Gasteiger charge is 2.71. The summed E-state index contributed by atoms with van der Waals surface area (Å²) in [6, 6.07) is 0. The molecule has 0 amide bonds. The Morgan fingerprint density at radius 2 is 0.679 bits per heavy atom. The molecular weight excluding hydrogens is 428 g/mol. The molecule has 2 nitrogen and oxygen atoms in total. The van der Waals surface area contributed by atoms with Gasteiger partial charge in [-0.15, -0.1) is 0 Å². The second-order valence-corrected chi connectivity index (χ2v) is 6.91. The monoisotopic (exact) mass is 446 g/mol. The predicted molar refractivity (Wildman–Crippen MR) is 70.9 cm³/mol. The minimum Gasteiger partial charge on any atom is -0.374 e. The van der Waals surface area contributed by atoms with Gasteiger partial charge >= 0.3 is 24.7 Å². The largest absolute Gasteiger partial charge is 0.426 e. The minimum atomic E-state index is -6.09. The number of hydrogen-bond donors (Lipinski definition) is 2. The van der Waals surface area contributed by atoms with Crippen molar-refractivity contribution in [2.75, 3.05) is 0 Å². The second kappa shape index (κ2) is 8.07. The summed E-state index contributed by atoms with van der Waals surface area (Å²) in [5.41, 5.74) is -10.1. The van der Waals surface area contributed by atoms with Gasteiger partial charge in [-0.25, -0.2) is 0 Å². The Kier molecular flexibility index (Phi) is 7.81. The van der Waals surface area contributed by atoms with Crippen LogP contribution >= 0.6 is 0 Å². The van der Waals surface area contributed by atoms with Gasteiger partial charge in [0.2, 0.25) is 0 Å². The van der Waals surface area contributed by atoms with Crippen molar-refractivity contribution in [3.63, 3.8) is 0 Å². The molecule has 0 aliphatic heterocycles. The van der Waals surface area contributed by atoms with E-state index in [1.54, 1.807) is 0 Å². The summed E-state index contributed by atoms with van der Waals surface area (Å²) >= 11 is 0. The maximum atomic E-state index is 12.6. The average molecular weight is 446 g/mol. The fraction of sp³-hybridized carbons (Fsp3) is 1.00. The van der Waals surface area contributed by atoms with Crippen molar-refractivity contribution in [3.05, 3.63) is 0 Å². The van der Waals surface area contributed by atoms with Crippen LogP contribution in [0, 0.1) is 11.8 Å². The van der Waals surface area contributed by atoms with Crippen LogP contribution in [0.25, 0.3) is 0 Å². The number of hydrogen-bond acceptors (Lipinski definition) is 2. The zero-order valence-corrected chi connectivity index (χ0v) is 14.4. The van der Waals surface area contributed by atoms with Crippen molar-refractivity contribution in [1.29, 1.82) is 0 Å². The molecule has 0 rings (SSSR count). The molecule has 28 heavy (non-hydrogen) atoms. The second-order valence-electron chi connectivity index (χ2n) is 6.91. The van der Waals surface area contributed by atoms with E-state index in [4.69, 9.17) is 10.2 Å². The van der Waals surface area contributed by atoms with E-state index in [-0.39, 0.29) is 0 Å². The maximum absolute atomic E-state index is 12.6. The van der Waals surface area contributed by atoms with E-state index in [0.717, 1.165) is 13.8 Å². The Hall–Kier alpha value is -0.920. The quantitative estimate of drug-likeness (QED) is 0.505. The molecule has 0 aliphatic rings. The zero-order chi connectivity index (χ0) is 23.0. The van der Waals surface area contributed by atoms with E-state index in [1.807, 2.05) is 0 Å². The van der Waals surface area contributed by atoms with Crippen molar-refractivity contribution < 1.29 is 62.9 Å². The molecule has 0 aromatic heterocycles. The van der Waals surface area contributed by atoms with Crippen LogP contribution in [0.1, 0.15) is 39.5 Å². The molecule has 0 saturated heterocycles. The molecule has 0 bridgehead atoms. The lowest BCUT2D eigenvalue weighted by Crippen LogP contribution is -2.58. The Bertz CT molecular complexity index is 428. The average Bonchev–Trinajstić information content (AvgIpc) is 2.40. The summed E-state index contributed by atoms with van der Waals surface area (Å²) in [5.74, 6) is -3.11. The molecule has 0 spiro atoms. The molecule has 0 aliphatic carbocycles. The molecule has 2 N–H and O–H groups in total.